The lowest BCUT2D eigenvalue weighted by Gasteiger charge is -2.28. The van der Waals surface area contributed by atoms with E-state index in [4.69, 9.17) is 17.2 Å². The van der Waals surface area contributed by atoms with E-state index in [0.717, 1.165) is 30.2 Å². The summed E-state index contributed by atoms with van der Waals surface area (Å²) in [5.74, 6) is 2.41. The molecular weight excluding hydrogens is 472 g/mol. The molecule has 0 saturated carbocycles. The monoisotopic (exact) mass is 494 g/mol. The Morgan fingerprint density at radius 3 is 2.55 bits per heavy atom. The number of hydrogen-bond donors (Lipinski definition) is 0. The van der Waals surface area contributed by atoms with E-state index in [1.165, 1.54) is 16.2 Å². The fraction of sp³-hybridized carbons (Fsp3) is 0.250. The number of rotatable bonds is 4. The lowest BCUT2D eigenvalue weighted by Crippen LogP contribution is -2.36. The molecule has 6 nitrogen and oxygen atoms in total. The predicted molar refractivity (Wildman–Crippen MR) is 141 cm³/mol. The van der Waals surface area contributed by atoms with E-state index in [-0.39, 0.29) is 17.5 Å². The van der Waals surface area contributed by atoms with Crippen molar-refractivity contribution in [3.8, 4) is 0 Å². The van der Waals surface area contributed by atoms with Gasteiger partial charge in [0.2, 0.25) is 0 Å². The van der Waals surface area contributed by atoms with Crippen LogP contribution < -0.4 is 10.5 Å². The number of hydrogen-bond acceptors (Lipinski definition) is 7. The zero-order valence-corrected chi connectivity index (χ0v) is 20.5. The lowest BCUT2D eigenvalue weighted by molar-refractivity contribution is -0.123. The molecule has 5 rings (SSSR count). The van der Waals surface area contributed by atoms with Crippen LogP contribution in [0.5, 0.6) is 0 Å². The highest BCUT2D eigenvalue weighted by Crippen LogP contribution is 2.38. The first-order chi connectivity index (χ1) is 16.0. The predicted octanol–water partition coefficient (Wildman–Crippen LogP) is 4.21. The van der Waals surface area contributed by atoms with Gasteiger partial charge >= 0.3 is 0 Å². The van der Waals surface area contributed by atoms with Crippen molar-refractivity contribution in [2.75, 3.05) is 29.5 Å². The maximum Gasteiger partial charge on any atom is 0.267 e. The molecule has 2 aliphatic rings. The molecule has 0 spiro atoms. The molecule has 9 heteroatoms. The van der Waals surface area contributed by atoms with Gasteiger partial charge in [-0.3, -0.25) is 18.9 Å². The van der Waals surface area contributed by atoms with E-state index in [0.29, 0.717) is 26.3 Å². The van der Waals surface area contributed by atoms with E-state index >= 15 is 0 Å². The first-order valence-corrected chi connectivity index (χ1v) is 13.1. The minimum absolute atomic E-state index is 0.181. The summed E-state index contributed by atoms with van der Waals surface area (Å²) in [7, 11) is 0. The van der Waals surface area contributed by atoms with Crippen molar-refractivity contribution in [1.29, 1.82) is 0 Å². The van der Waals surface area contributed by atoms with Gasteiger partial charge in [0.15, 0.2) is 0 Å². The molecule has 2 aliphatic heterocycles. The number of nitrogens with zero attached hydrogens (tertiary/aromatic N) is 4. The Balaban J connectivity index is 1.58. The Morgan fingerprint density at radius 1 is 1.06 bits per heavy atom. The summed E-state index contributed by atoms with van der Waals surface area (Å²) in [6.45, 7) is 3.59. The van der Waals surface area contributed by atoms with Crippen LogP contribution in [0.1, 0.15) is 24.1 Å². The van der Waals surface area contributed by atoms with Gasteiger partial charge in [0.1, 0.15) is 15.8 Å². The second-order valence-corrected chi connectivity index (χ2v) is 10.7. The smallest absolute Gasteiger partial charge is 0.267 e. The molecule has 0 bridgehead atoms. The van der Waals surface area contributed by atoms with E-state index < -0.39 is 0 Å². The summed E-state index contributed by atoms with van der Waals surface area (Å²) in [6, 6.07) is 15.1. The largest absolute Gasteiger partial charge is 0.354 e. The number of carbonyl (C=O) groups excluding carboxylic acids is 1. The van der Waals surface area contributed by atoms with Gasteiger partial charge in [-0.1, -0.05) is 60.4 Å². The summed E-state index contributed by atoms with van der Waals surface area (Å²) in [5.41, 5.74) is 1.85. The summed E-state index contributed by atoms with van der Waals surface area (Å²) >= 11 is 8.70. The number of thiocarbonyl (C=S) groups is 1. The van der Waals surface area contributed by atoms with Crippen molar-refractivity contribution in [3.05, 3.63) is 81.1 Å². The van der Waals surface area contributed by atoms with Crippen molar-refractivity contribution in [1.82, 2.24) is 14.3 Å². The van der Waals surface area contributed by atoms with Crippen LogP contribution >= 0.6 is 35.7 Å². The number of amides is 1. The fourth-order valence-corrected chi connectivity index (χ4v) is 6.36. The minimum atomic E-state index is -0.195. The molecule has 0 radical (unpaired) electrons. The molecule has 2 saturated heterocycles. The zero-order chi connectivity index (χ0) is 22.9. The van der Waals surface area contributed by atoms with Gasteiger partial charge in [-0.15, -0.1) is 0 Å². The average molecular weight is 495 g/mol. The Hall–Kier alpha value is -2.62. The molecular formula is C24H22N4O2S3. The van der Waals surface area contributed by atoms with Gasteiger partial charge in [0.25, 0.3) is 11.5 Å². The summed E-state index contributed by atoms with van der Waals surface area (Å²) in [4.78, 5) is 35.9. The van der Waals surface area contributed by atoms with Gasteiger partial charge in [0, 0.05) is 30.8 Å². The molecule has 1 amide bonds. The molecule has 1 atom stereocenters. The van der Waals surface area contributed by atoms with Crippen LogP contribution in [0.4, 0.5) is 5.82 Å². The van der Waals surface area contributed by atoms with Gasteiger partial charge in [0.05, 0.1) is 16.5 Å². The molecule has 0 aliphatic carbocycles. The standard InChI is InChI=1S/C24H22N4O2S3/c1-16(17-7-3-2-4-8-17)28-23(30)19(33-24(28)31)15-18-21(26-11-13-32-14-12-26)25-20-9-5-6-10-27(20)22(18)29/h2-10,15-16H,11-14H2,1H3/b19-15-/t16-/m1/s1. The second-order valence-electron chi connectivity index (χ2n) is 7.82. The third kappa shape index (κ3) is 4.20. The van der Waals surface area contributed by atoms with Crippen LogP contribution in [0.25, 0.3) is 11.7 Å². The first-order valence-electron chi connectivity index (χ1n) is 10.7. The minimum Gasteiger partial charge on any atom is -0.354 e. The maximum atomic E-state index is 13.5. The highest BCUT2D eigenvalue weighted by molar-refractivity contribution is 8.26. The second kappa shape index (κ2) is 9.32. The number of aromatic nitrogens is 2. The molecule has 3 aromatic rings. The van der Waals surface area contributed by atoms with Gasteiger partial charge < -0.3 is 4.90 Å². The number of fused-ring (bicyclic) bond motifs is 1. The molecule has 1 aromatic carbocycles. The number of carbonyl (C=O) groups is 1. The van der Waals surface area contributed by atoms with Crippen LogP contribution in [0.15, 0.2) is 64.4 Å². The molecule has 168 valence electrons. The quantitative estimate of drug-likeness (QED) is 0.398. The van der Waals surface area contributed by atoms with Crippen LogP contribution in [-0.2, 0) is 4.79 Å². The Labute approximate surface area is 205 Å². The third-order valence-electron chi connectivity index (χ3n) is 5.83. The van der Waals surface area contributed by atoms with Gasteiger partial charge in [-0.25, -0.2) is 4.98 Å². The Morgan fingerprint density at radius 2 is 1.79 bits per heavy atom. The fourth-order valence-electron chi connectivity index (χ4n) is 4.06. The normalized spacial score (nSPS) is 19.0. The highest BCUT2D eigenvalue weighted by Gasteiger charge is 2.36. The molecule has 0 unspecified atom stereocenters. The topological polar surface area (TPSA) is 57.9 Å². The van der Waals surface area contributed by atoms with Crippen LogP contribution in [0, 0.1) is 0 Å². The van der Waals surface area contributed by atoms with E-state index in [1.54, 1.807) is 23.2 Å². The number of benzene rings is 1. The Bertz CT molecular complexity index is 1320. The number of pyridine rings is 1. The van der Waals surface area contributed by atoms with Gasteiger partial charge in [-0.05, 0) is 30.7 Å². The molecule has 4 heterocycles. The third-order valence-corrected chi connectivity index (χ3v) is 8.10. The average Bonchev–Trinajstić information content (AvgIpc) is 3.14. The summed E-state index contributed by atoms with van der Waals surface area (Å²) < 4.78 is 2.02. The number of thioether (sulfide) groups is 2. The summed E-state index contributed by atoms with van der Waals surface area (Å²) in [6.07, 6.45) is 3.39. The zero-order valence-electron chi connectivity index (χ0n) is 18.0. The van der Waals surface area contributed by atoms with E-state index in [2.05, 4.69) is 4.90 Å². The SMILES string of the molecule is C[C@H](c1ccccc1)N1C(=O)/C(=C/c2c(N3CCSCC3)nc3ccccn3c2=O)SC1=S. The lowest BCUT2D eigenvalue weighted by atomic mass is 10.1. The van der Waals surface area contributed by atoms with Crippen molar-refractivity contribution in [2.45, 2.75) is 13.0 Å². The summed E-state index contributed by atoms with van der Waals surface area (Å²) in [5, 5.41) is 0. The number of anilines is 1. The maximum absolute atomic E-state index is 13.5. The van der Waals surface area contributed by atoms with Crippen molar-refractivity contribution in [2.24, 2.45) is 0 Å². The van der Waals surface area contributed by atoms with Crippen molar-refractivity contribution < 1.29 is 4.79 Å². The van der Waals surface area contributed by atoms with E-state index in [1.807, 2.05) is 61.2 Å². The van der Waals surface area contributed by atoms with Crippen LogP contribution in [0.2, 0.25) is 0 Å². The van der Waals surface area contributed by atoms with Crippen molar-refractivity contribution in [3.63, 3.8) is 0 Å². The molecule has 2 fully saturated rings. The Kier molecular flexibility index (Phi) is 6.27. The highest BCUT2D eigenvalue weighted by atomic mass is 32.2. The first kappa shape index (κ1) is 22.2. The van der Waals surface area contributed by atoms with Crippen molar-refractivity contribution >= 4 is 63.5 Å². The molecule has 0 N–H and O–H groups in total. The van der Waals surface area contributed by atoms with Gasteiger partial charge in [-0.2, -0.15) is 11.8 Å². The van der Waals surface area contributed by atoms with Crippen LogP contribution in [-0.4, -0.2) is 49.1 Å². The van der Waals surface area contributed by atoms with E-state index in [9.17, 15) is 9.59 Å². The molecule has 33 heavy (non-hydrogen) atoms. The molecule has 2 aromatic heterocycles. The van der Waals surface area contributed by atoms with Crippen LogP contribution in [0.3, 0.4) is 0 Å².